The maximum atomic E-state index is 13.2. The number of carbonyl (C=O) groups excluding carboxylic acids is 1. The van der Waals surface area contributed by atoms with Crippen molar-refractivity contribution in [2.75, 3.05) is 0 Å². The molecule has 2 aromatic carbocycles. The van der Waals surface area contributed by atoms with Gasteiger partial charge in [-0.15, -0.1) is 0 Å². The molecule has 0 aliphatic carbocycles. The van der Waals surface area contributed by atoms with Gasteiger partial charge in [-0.1, -0.05) is 67.6 Å². The van der Waals surface area contributed by atoms with E-state index in [2.05, 4.69) is 19.1 Å². The Bertz CT molecular complexity index is 773. The first kappa shape index (κ1) is 18.6. The first-order chi connectivity index (χ1) is 12.4. The van der Waals surface area contributed by atoms with Crippen molar-refractivity contribution in [1.29, 1.82) is 0 Å². The smallest absolute Gasteiger partial charge is 0.267 e. The molecule has 0 N–H and O–H groups in total. The number of thiocarbonyl (C=S) groups is 1. The van der Waals surface area contributed by atoms with Crippen LogP contribution in [0, 0.1) is 0 Å². The van der Waals surface area contributed by atoms with Gasteiger partial charge in [-0.2, -0.15) is 0 Å². The van der Waals surface area contributed by atoms with Crippen LogP contribution in [0.2, 0.25) is 0 Å². The SMILES string of the molecule is CC[C@H](CC(=O)N1C(=S)OC(C)(C)[C@H]1c1ccccc1)c1ccccc1. The van der Waals surface area contributed by atoms with E-state index in [0.717, 1.165) is 12.0 Å². The Morgan fingerprint density at radius 2 is 1.69 bits per heavy atom. The Balaban J connectivity index is 1.88. The van der Waals surface area contributed by atoms with Crippen LogP contribution in [0.4, 0.5) is 0 Å². The van der Waals surface area contributed by atoms with E-state index in [1.165, 1.54) is 5.56 Å². The van der Waals surface area contributed by atoms with Gasteiger partial charge >= 0.3 is 0 Å². The summed E-state index contributed by atoms with van der Waals surface area (Å²) in [5.41, 5.74) is 1.67. The number of nitrogens with zero attached hydrogens (tertiary/aromatic N) is 1. The molecule has 3 rings (SSSR count). The quantitative estimate of drug-likeness (QED) is 0.677. The minimum absolute atomic E-state index is 0.0186. The fraction of sp³-hybridized carbons (Fsp3) is 0.364. The summed E-state index contributed by atoms with van der Waals surface area (Å²) in [5, 5.41) is 0.275. The number of benzene rings is 2. The number of rotatable bonds is 5. The molecule has 136 valence electrons. The van der Waals surface area contributed by atoms with Crippen molar-refractivity contribution >= 4 is 23.3 Å². The third kappa shape index (κ3) is 3.65. The minimum atomic E-state index is -0.553. The molecule has 0 unspecified atom stereocenters. The molecule has 0 bridgehead atoms. The van der Waals surface area contributed by atoms with Crippen LogP contribution in [0.5, 0.6) is 0 Å². The number of hydrogen-bond donors (Lipinski definition) is 0. The molecule has 1 heterocycles. The first-order valence-electron chi connectivity index (χ1n) is 9.09. The van der Waals surface area contributed by atoms with Gasteiger partial charge in [0.2, 0.25) is 5.91 Å². The number of amides is 1. The Labute approximate surface area is 161 Å². The highest BCUT2D eigenvalue weighted by Gasteiger charge is 2.49. The van der Waals surface area contributed by atoms with E-state index in [1.807, 2.05) is 62.4 Å². The molecule has 4 heteroatoms. The molecule has 0 radical (unpaired) electrons. The molecule has 2 atom stereocenters. The van der Waals surface area contributed by atoms with Gasteiger partial charge in [0.25, 0.3) is 5.17 Å². The second-order valence-corrected chi connectivity index (χ2v) is 7.62. The zero-order valence-electron chi connectivity index (χ0n) is 15.5. The summed E-state index contributed by atoms with van der Waals surface area (Å²) < 4.78 is 5.91. The third-order valence-electron chi connectivity index (χ3n) is 5.03. The van der Waals surface area contributed by atoms with Crippen molar-refractivity contribution in [3.8, 4) is 0 Å². The van der Waals surface area contributed by atoms with Crippen molar-refractivity contribution in [2.45, 2.75) is 51.2 Å². The van der Waals surface area contributed by atoms with Gasteiger partial charge in [-0.05, 0) is 49.5 Å². The molecular formula is C22H25NO2S. The predicted molar refractivity (Wildman–Crippen MR) is 108 cm³/mol. The zero-order valence-corrected chi connectivity index (χ0v) is 16.3. The lowest BCUT2D eigenvalue weighted by molar-refractivity contribution is -0.129. The number of carbonyl (C=O) groups is 1. The molecule has 1 fully saturated rings. The fourth-order valence-corrected chi connectivity index (χ4v) is 4.13. The minimum Gasteiger partial charge on any atom is -0.462 e. The average molecular weight is 368 g/mol. The Hall–Kier alpha value is -2.20. The summed E-state index contributed by atoms with van der Waals surface area (Å²) in [5.74, 6) is 0.191. The maximum Gasteiger partial charge on any atom is 0.267 e. The van der Waals surface area contributed by atoms with Crippen molar-refractivity contribution < 1.29 is 9.53 Å². The summed E-state index contributed by atoms with van der Waals surface area (Å²) in [4.78, 5) is 14.9. The number of hydrogen-bond acceptors (Lipinski definition) is 3. The van der Waals surface area contributed by atoms with Crippen LogP contribution < -0.4 is 0 Å². The molecule has 2 aromatic rings. The first-order valence-corrected chi connectivity index (χ1v) is 9.49. The highest BCUT2D eigenvalue weighted by molar-refractivity contribution is 7.80. The molecule has 0 saturated carbocycles. The molecule has 26 heavy (non-hydrogen) atoms. The summed E-state index contributed by atoms with van der Waals surface area (Å²) in [6.45, 7) is 6.08. The Morgan fingerprint density at radius 1 is 1.12 bits per heavy atom. The lowest BCUT2D eigenvalue weighted by atomic mass is 9.89. The van der Waals surface area contributed by atoms with Crippen LogP contribution in [-0.4, -0.2) is 21.6 Å². The summed E-state index contributed by atoms with van der Waals surface area (Å²) >= 11 is 5.43. The van der Waals surface area contributed by atoms with E-state index in [4.69, 9.17) is 17.0 Å². The maximum absolute atomic E-state index is 13.2. The van der Waals surface area contributed by atoms with Gasteiger partial charge in [-0.3, -0.25) is 9.69 Å². The largest absolute Gasteiger partial charge is 0.462 e. The predicted octanol–water partition coefficient (Wildman–Crippen LogP) is 5.23. The highest BCUT2D eigenvalue weighted by atomic mass is 32.1. The van der Waals surface area contributed by atoms with Gasteiger partial charge in [0, 0.05) is 6.42 Å². The lowest BCUT2D eigenvalue weighted by Crippen LogP contribution is -2.38. The summed E-state index contributed by atoms with van der Waals surface area (Å²) in [6, 6.07) is 20.0. The highest BCUT2D eigenvalue weighted by Crippen LogP contribution is 2.42. The molecule has 3 nitrogen and oxygen atoms in total. The molecule has 1 aliphatic heterocycles. The van der Waals surface area contributed by atoms with Gasteiger partial charge < -0.3 is 4.74 Å². The van der Waals surface area contributed by atoms with E-state index in [9.17, 15) is 4.79 Å². The van der Waals surface area contributed by atoms with E-state index in [-0.39, 0.29) is 23.0 Å². The van der Waals surface area contributed by atoms with Crippen LogP contribution in [-0.2, 0) is 9.53 Å². The molecular weight excluding hydrogens is 342 g/mol. The van der Waals surface area contributed by atoms with Gasteiger partial charge in [0.1, 0.15) is 11.6 Å². The van der Waals surface area contributed by atoms with Crippen molar-refractivity contribution in [2.24, 2.45) is 0 Å². The number of ether oxygens (including phenoxy) is 1. The standard InChI is InChI=1S/C22H25NO2S/c1-4-16(17-11-7-5-8-12-17)15-19(24)23-20(18-13-9-6-10-14-18)22(2,3)25-21(23)26/h5-14,16,20H,4,15H2,1-3H3/t16-,20-/m1/s1. The van der Waals surface area contributed by atoms with Crippen LogP contribution in [0.3, 0.4) is 0 Å². The molecule has 0 spiro atoms. The Kier molecular flexibility index (Phi) is 5.42. The van der Waals surface area contributed by atoms with E-state index >= 15 is 0 Å². The van der Waals surface area contributed by atoms with E-state index < -0.39 is 5.60 Å². The van der Waals surface area contributed by atoms with Crippen LogP contribution in [0.15, 0.2) is 60.7 Å². The van der Waals surface area contributed by atoms with E-state index in [0.29, 0.717) is 6.42 Å². The van der Waals surface area contributed by atoms with Crippen molar-refractivity contribution in [1.82, 2.24) is 4.90 Å². The topological polar surface area (TPSA) is 29.5 Å². The van der Waals surface area contributed by atoms with Gasteiger partial charge in [0.05, 0.1) is 0 Å². The summed E-state index contributed by atoms with van der Waals surface area (Å²) in [7, 11) is 0. The molecule has 1 saturated heterocycles. The monoisotopic (exact) mass is 367 g/mol. The zero-order chi connectivity index (χ0) is 18.7. The molecule has 1 amide bonds. The Morgan fingerprint density at radius 3 is 2.27 bits per heavy atom. The third-order valence-corrected chi connectivity index (χ3v) is 5.31. The van der Waals surface area contributed by atoms with Crippen LogP contribution in [0.1, 0.15) is 56.7 Å². The lowest BCUT2D eigenvalue weighted by Gasteiger charge is -2.29. The van der Waals surface area contributed by atoms with Crippen molar-refractivity contribution in [3.05, 3.63) is 71.8 Å². The second kappa shape index (κ2) is 7.58. The van der Waals surface area contributed by atoms with E-state index in [1.54, 1.807) is 4.90 Å². The van der Waals surface area contributed by atoms with Gasteiger partial charge in [-0.25, -0.2) is 0 Å². The van der Waals surface area contributed by atoms with Crippen LogP contribution >= 0.6 is 12.2 Å². The average Bonchev–Trinajstić information content (AvgIpc) is 2.89. The second-order valence-electron chi connectivity index (χ2n) is 7.27. The normalized spacial score (nSPS) is 19.9. The summed E-state index contributed by atoms with van der Waals surface area (Å²) in [6.07, 6.45) is 1.32. The van der Waals surface area contributed by atoms with Crippen LogP contribution in [0.25, 0.3) is 0 Å². The fourth-order valence-electron chi connectivity index (χ4n) is 3.71. The van der Waals surface area contributed by atoms with Crippen molar-refractivity contribution in [3.63, 3.8) is 0 Å². The van der Waals surface area contributed by atoms with Gasteiger partial charge in [0.15, 0.2) is 0 Å². The molecule has 1 aliphatic rings. The molecule has 0 aromatic heterocycles.